The lowest BCUT2D eigenvalue weighted by Gasteiger charge is -2.34. The Morgan fingerprint density at radius 1 is 1.32 bits per heavy atom. The molecule has 3 nitrogen and oxygen atoms in total. The molecule has 19 heavy (non-hydrogen) atoms. The van der Waals surface area contributed by atoms with E-state index in [-0.39, 0.29) is 5.41 Å². The highest BCUT2D eigenvalue weighted by Crippen LogP contribution is 2.63. The zero-order valence-corrected chi connectivity index (χ0v) is 12.2. The van der Waals surface area contributed by atoms with Crippen molar-refractivity contribution in [2.45, 2.75) is 47.0 Å². The Morgan fingerprint density at radius 2 is 2.11 bits per heavy atom. The van der Waals surface area contributed by atoms with E-state index in [0.717, 1.165) is 23.9 Å². The average molecular weight is 258 g/mol. The number of hydrogen-bond acceptors (Lipinski definition) is 3. The van der Waals surface area contributed by atoms with Gasteiger partial charge in [0.1, 0.15) is 11.5 Å². The maximum atomic E-state index is 5.46. The maximum Gasteiger partial charge on any atom is 0.147 e. The number of furan rings is 1. The monoisotopic (exact) mass is 258 g/mol. The molecule has 1 aromatic heterocycles. The lowest BCUT2D eigenvalue weighted by atomic mass is 9.70. The third-order valence-electron chi connectivity index (χ3n) is 5.64. The van der Waals surface area contributed by atoms with E-state index in [0.29, 0.717) is 5.41 Å². The fraction of sp³-hybridized carbons (Fsp3) is 0.625. The molecule has 2 saturated carbocycles. The van der Waals surface area contributed by atoms with Crippen LogP contribution in [0, 0.1) is 23.7 Å². The fourth-order valence-corrected chi connectivity index (χ4v) is 3.76. The first-order valence-corrected chi connectivity index (χ1v) is 7.10. The van der Waals surface area contributed by atoms with E-state index >= 15 is 0 Å². The molecule has 0 N–H and O–H groups in total. The molecule has 3 rings (SSSR count). The molecule has 2 aliphatic rings. The van der Waals surface area contributed by atoms with Crippen LogP contribution in [0.5, 0.6) is 0 Å². The van der Waals surface area contributed by atoms with Crippen LogP contribution in [-0.2, 0) is 0 Å². The molecule has 2 aliphatic carbocycles. The first-order chi connectivity index (χ1) is 8.93. The van der Waals surface area contributed by atoms with Crippen LogP contribution in [0.3, 0.4) is 0 Å². The Morgan fingerprint density at radius 3 is 2.63 bits per heavy atom. The van der Waals surface area contributed by atoms with Crippen molar-refractivity contribution in [3.8, 4) is 0 Å². The Balaban J connectivity index is 1.81. The molecule has 1 heterocycles. The number of nitrogens with zero attached hydrogens (tertiary/aromatic N) is 2. The molecule has 2 atom stereocenters. The summed E-state index contributed by atoms with van der Waals surface area (Å²) in [6.07, 6.45) is 5.41. The molecule has 3 heteroatoms. The Hall–Kier alpha value is -1.38. The molecule has 0 saturated heterocycles. The van der Waals surface area contributed by atoms with E-state index in [1.165, 1.54) is 18.6 Å². The summed E-state index contributed by atoms with van der Waals surface area (Å²) in [6, 6.07) is 3.86. The van der Waals surface area contributed by atoms with E-state index in [1.54, 1.807) is 6.21 Å². The van der Waals surface area contributed by atoms with Crippen LogP contribution in [0.15, 0.2) is 26.8 Å². The lowest BCUT2D eigenvalue weighted by molar-refractivity contribution is 0.194. The highest BCUT2D eigenvalue weighted by atomic mass is 16.3. The standard InChI is InChI=1S/C16H22N2O/c1-11-5-6-13(19-11)10-17-18-14-9-12-7-8-16(14,4)15(12,2)3/h5-6,10,12H,7-9H2,1-4H3/b17-10-,18-14-/t12-,16+/m1/s1. The topological polar surface area (TPSA) is 37.9 Å². The van der Waals surface area contributed by atoms with Gasteiger partial charge in [0, 0.05) is 11.1 Å². The predicted octanol–water partition coefficient (Wildman–Crippen LogP) is 4.21. The summed E-state index contributed by atoms with van der Waals surface area (Å²) in [5, 5.41) is 8.74. The minimum Gasteiger partial charge on any atom is -0.460 e. The van der Waals surface area contributed by atoms with Crippen molar-refractivity contribution in [2.75, 3.05) is 0 Å². The Bertz CT molecular complexity index is 553. The van der Waals surface area contributed by atoms with Crippen molar-refractivity contribution in [3.05, 3.63) is 23.7 Å². The van der Waals surface area contributed by atoms with Gasteiger partial charge in [-0.25, -0.2) is 0 Å². The largest absolute Gasteiger partial charge is 0.460 e. The summed E-state index contributed by atoms with van der Waals surface area (Å²) in [5.41, 5.74) is 1.87. The van der Waals surface area contributed by atoms with Gasteiger partial charge in [-0.2, -0.15) is 10.2 Å². The molecule has 0 amide bonds. The quantitative estimate of drug-likeness (QED) is 0.578. The summed E-state index contributed by atoms with van der Waals surface area (Å²) < 4.78 is 5.46. The summed E-state index contributed by atoms with van der Waals surface area (Å²) >= 11 is 0. The minimum absolute atomic E-state index is 0.230. The van der Waals surface area contributed by atoms with Crippen molar-refractivity contribution in [1.82, 2.24) is 0 Å². The van der Waals surface area contributed by atoms with Gasteiger partial charge in [-0.05, 0) is 49.7 Å². The Labute approximate surface area is 114 Å². The molecule has 0 spiro atoms. The van der Waals surface area contributed by atoms with E-state index in [1.807, 2.05) is 19.1 Å². The molecule has 2 fully saturated rings. The highest BCUT2D eigenvalue weighted by molar-refractivity contribution is 5.94. The van der Waals surface area contributed by atoms with Gasteiger partial charge < -0.3 is 4.42 Å². The number of hydrogen-bond donors (Lipinski definition) is 0. The molecular weight excluding hydrogens is 236 g/mol. The van der Waals surface area contributed by atoms with Gasteiger partial charge in [0.2, 0.25) is 0 Å². The van der Waals surface area contributed by atoms with Crippen LogP contribution in [0.1, 0.15) is 51.6 Å². The van der Waals surface area contributed by atoms with Gasteiger partial charge >= 0.3 is 0 Å². The fourth-order valence-electron chi connectivity index (χ4n) is 3.76. The highest BCUT2D eigenvalue weighted by Gasteiger charge is 2.59. The van der Waals surface area contributed by atoms with Gasteiger partial charge in [-0.15, -0.1) is 0 Å². The van der Waals surface area contributed by atoms with Crippen molar-refractivity contribution >= 4 is 11.9 Å². The van der Waals surface area contributed by atoms with E-state index < -0.39 is 0 Å². The summed E-state index contributed by atoms with van der Waals surface area (Å²) in [5.74, 6) is 2.45. The maximum absolute atomic E-state index is 5.46. The zero-order chi connectivity index (χ0) is 13.7. The third-order valence-corrected chi connectivity index (χ3v) is 5.64. The average Bonchev–Trinajstić information content (AvgIpc) is 2.90. The van der Waals surface area contributed by atoms with Crippen LogP contribution in [0.25, 0.3) is 0 Å². The van der Waals surface area contributed by atoms with Crippen molar-refractivity contribution < 1.29 is 4.42 Å². The first-order valence-electron chi connectivity index (χ1n) is 7.10. The zero-order valence-electron chi connectivity index (χ0n) is 12.2. The SMILES string of the molecule is Cc1ccc(/C=N\N=C2\C[C@H]3CC[C@]2(C)C3(C)C)o1. The van der Waals surface area contributed by atoms with Crippen LogP contribution in [0.2, 0.25) is 0 Å². The molecule has 1 aromatic rings. The second-order valence-electron chi connectivity index (χ2n) is 6.73. The van der Waals surface area contributed by atoms with Crippen molar-refractivity contribution in [3.63, 3.8) is 0 Å². The van der Waals surface area contributed by atoms with E-state index in [4.69, 9.17) is 4.42 Å². The van der Waals surface area contributed by atoms with Crippen LogP contribution < -0.4 is 0 Å². The molecule has 0 unspecified atom stereocenters. The number of rotatable bonds is 2. The van der Waals surface area contributed by atoms with E-state index in [9.17, 15) is 0 Å². The van der Waals surface area contributed by atoms with Crippen LogP contribution in [-0.4, -0.2) is 11.9 Å². The van der Waals surface area contributed by atoms with Gasteiger partial charge in [0.05, 0.1) is 6.21 Å². The summed E-state index contributed by atoms with van der Waals surface area (Å²) in [4.78, 5) is 0. The molecular formula is C16H22N2O. The van der Waals surface area contributed by atoms with Crippen LogP contribution in [0.4, 0.5) is 0 Å². The van der Waals surface area contributed by atoms with E-state index in [2.05, 4.69) is 31.0 Å². The first kappa shape index (κ1) is 12.6. The normalized spacial score (nSPS) is 34.7. The van der Waals surface area contributed by atoms with Gasteiger partial charge in [-0.3, -0.25) is 0 Å². The molecule has 102 valence electrons. The molecule has 0 aliphatic heterocycles. The van der Waals surface area contributed by atoms with Gasteiger partial charge in [-0.1, -0.05) is 20.8 Å². The smallest absolute Gasteiger partial charge is 0.147 e. The second-order valence-corrected chi connectivity index (χ2v) is 6.73. The number of fused-ring (bicyclic) bond motifs is 2. The molecule has 2 bridgehead atoms. The molecule has 0 radical (unpaired) electrons. The second kappa shape index (κ2) is 4.06. The molecule has 0 aromatic carbocycles. The lowest BCUT2D eigenvalue weighted by Crippen LogP contribution is -2.32. The number of aryl methyl sites for hydroxylation is 1. The van der Waals surface area contributed by atoms with Crippen molar-refractivity contribution in [2.24, 2.45) is 27.0 Å². The Kier molecular flexibility index (Phi) is 2.70. The predicted molar refractivity (Wildman–Crippen MR) is 77.7 cm³/mol. The van der Waals surface area contributed by atoms with Crippen molar-refractivity contribution in [1.29, 1.82) is 0 Å². The summed E-state index contributed by atoms with van der Waals surface area (Å²) in [6.45, 7) is 9.05. The third kappa shape index (κ3) is 1.78. The van der Waals surface area contributed by atoms with Gasteiger partial charge in [0.25, 0.3) is 0 Å². The minimum atomic E-state index is 0.230. The summed E-state index contributed by atoms with van der Waals surface area (Å²) in [7, 11) is 0. The van der Waals surface area contributed by atoms with Gasteiger partial charge in [0.15, 0.2) is 0 Å². The van der Waals surface area contributed by atoms with Crippen LogP contribution >= 0.6 is 0 Å².